The fraction of sp³-hybridized carbons (Fsp3) is 0. The van der Waals surface area contributed by atoms with Crippen molar-refractivity contribution in [2.24, 2.45) is 5.14 Å². The molecule has 20 heavy (non-hydrogen) atoms. The first-order chi connectivity index (χ1) is 9.55. The molecule has 0 bridgehead atoms. The highest BCUT2D eigenvalue weighted by Crippen LogP contribution is 2.33. The lowest BCUT2D eigenvalue weighted by atomic mass is 10.1. The van der Waals surface area contributed by atoms with Gasteiger partial charge in [-0.1, -0.05) is 6.07 Å². The van der Waals surface area contributed by atoms with Gasteiger partial charge >= 0.3 is 0 Å². The molecule has 0 radical (unpaired) electrons. The first kappa shape index (κ1) is 13.4. The van der Waals surface area contributed by atoms with E-state index in [0.717, 1.165) is 11.1 Å². The van der Waals surface area contributed by atoms with E-state index in [0.29, 0.717) is 10.6 Å². The molecule has 0 aliphatic rings. The average molecular weight is 322 g/mol. The van der Waals surface area contributed by atoms with Gasteiger partial charge in [-0.25, -0.2) is 18.5 Å². The molecule has 0 aliphatic carbocycles. The van der Waals surface area contributed by atoms with E-state index in [1.54, 1.807) is 35.0 Å². The van der Waals surface area contributed by atoms with Crippen LogP contribution in [0.15, 0.2) is 51.5 Å². The van der Waals surface area contributed by atoms with Crippen LogP contribution in [-0.2, 0) is 10.0 Å². The molecule has 2 aromatic heterocycles. The number of hydrogen-bond donors (Lipinski definition) is 1. The molecule has 0 saturated carbocycles. The number of rotatable bonds is 3. The van der Waals surface area contributed by atoms with Gasteiger partial charge in [0.05, 0.1) is 4.90 Å². The molecule has 0 fully saturated rings. The molecule has 0 amide bonds. The Kier molecular flexibility index (Phi) is 3.43. The number of sulfonamides is 1. The molecular formula is C13H10N2O2S3. The van der Waals surface area contributed by atoms with Gasteiger partial charge < -0.3 is 0 Å². The van der Waals surface area contributed by atoms with Gasteiger partial charge in [-0.3, -0.25) is 0 Å². The van der Waals surface area contributed by atoms with Gasteiger partial charge in [0.15, 0.2) is 0 Å². The van der Waals surface area contributed by atoms with Crippen molar-refractivity contribution in [3.8, 4) is 21.7 Å². The maximum atomic E-state index is 11.7. The van der Waals surface area contributed by atoms with Gasteiger partial charge in [0.25, 0.3) is 0 Å². The van der Waals surface area contributed by atoms with Crippen LogP contribution in [0.4, 0.5) is 0 Å². The topological polar surface area (TPSA) is 73.1 Å². The van der Waals surface area contributed by atoms with E-state index in [9.17, 15) is 8.42 Å². The minimum Gasteiger partial charge on any atom is -0.245 e. The quantitative estimate of drug-likeness (QED) is 0.805. The summed E-state index contributed by atoms with van der Waals surface area (Å²) in [6, 6.07) is 7.11. The van der Waals surface area contributed by atoms with Crippen LogP contribution >= 0.6 is 22.7 Å². The molecule has 2 heterocycles. The second-order valence-corrected chi connectivity index (χ2v) is 7.31. The van der Waals surface area contributed by atoms with Gasteiger partial charge in [-0.05, 0) is 40.1 Å². The zero-order valence-corrected chi connectivity index (χ0v) is 12.6. The minimum atomic E-state index is -3.78. The van der Waals surface area contributed by atoms with Crippen LogP contribution in [0, 0.1) is 0 Å². The highest BCUT2D eigenvalue weighted by molar-refractivity contribution is 7.89. The van der Waals surface area contributed by atoms with Crippen LogP contribution in [-0.4, -0.2) is 13.4 Å². The maximum absolute atomic E-state index is 11.7. The molecule has 102 valence electrons. The normalized spacial score (nSPS) is 11.7. The SMILES string of the molecule is NS(=O)(=O)c1ccc(-c2ccsc2)cc1-c1nccs1. The summed E-state index contributed by atoms with van der Waals surface area (Å²) in [5.74, 6) is 0. The van der Waals surface area contributed by atoms with E-state index in [4.69, 9.17) is 5.14 Å². The van der Waals surface area contributed by atoms with Crippen molar-refractivity contribution in [3.63, 3.8) is 0 Å². The number of thiophene rings is 1. The van der Waals surface area contributed by atoms with Gasteiger partial charge in [0, 0.05) is 17.1 Å². The fourth-order valence-corrected chi connectivity index (χ4v) is 4.03. The van der Waals surface area contributed by atoms with E-state index in [1.807, 2.05) is 22.9 Å². The number of aromatic nitrogens is 1. The summed E-state index contributed by atoms with van der Waals surface area (Å²) in [4.78, 5) is 4.29. The van der Waals surface area contributed by atoms with Crippen molar-refractivity contribution in [1.29, 1.82) is 0 Å². The fourth-order valence-electron chi connectivity index (χ4n) is 1.91. The Morgan fingerprint density at radius 3 is 2.55 bits per heavy atom. The highest BCUT2D eigenvalue weighted by atomic mass is 32.2. The Hall–Kier alpha value is -1.54. The molecule has 0 aliphatic heterocycles. The molecule has 0 saturated heterocycles. The predicted molar refractivity (Wildman–Crippen MR) is 82.2 cm³/mol. The average Bonchev–Trinajstić information content (AvgIpc) is 3.10. The standard InChI is InChI=1S/C13H10N2O2S3/c14-20(16,17)12-2-1-9(10-3-5-18-8-10)7-11(12)13-15-4-6-19-13/h1-8H,(H2,14,16,17). The van der Waals surface area contributed by atoms with E-state index in [2.05, 4.69) is 4.98 Å². The summed E-state index contributed by atoms with van der Waals surface area (Å²) >= 11 is 2.98. The third-order valence-corrected chi connectivity index (χ3v) is 5.26. The van der Waals surface area contributed by atoms with Crippen molar-refractivity contribution < 1.29 is 8.42 Å². The van der Waals surface area contributed by atoms with Crippen molar-refractivity contribution in [2.45, 2.75) is 4.90 Å². The second-order valence-electron chi connectivity index (χ2n) is 4.11. The summed E-state index contributed by atoms with van der Waals surface area (Å²) in [7, 11) is -3.78. The summed E-state index contributed by atoms with van der Waals surface area (Å²) in [6.07, 6.45) is 1.64. The Labute approximate surface area is 124 Å². The minimum absolute atomic E-state index is 0.103. The predicted octanol–water partition coefficient (Wildman–Crippen LogP) is 3.19. The van der Waals surface area contributed by atoms with Crippen molar-refractivity contribution in [1.82, 2.24) is 4.98 Å². The number of hydrogen-bond acceptors (Lipinski definition) is 5. The lowest BCUT2D eigenvalue weighted by molar-refractivity contribution is 0.598. The molecule has 3 rings (SSSR count). The molecular weight excluding hydrogens is 312 g/mol. The van der Waals surface area contributed by atoms with Crippen molar-refractivity contribution in [3.05, 3.63) is 46.6 Å². The summed E-state index contributed by atoms with van der Waals surface area (Å²) in [6.45, 7) is 0. The number of nitrogens with zero attached hydrogens (tertiary/aromatic N) is 1. The molecule has 7 heteroatoms. The summed E-state index contributed by atoms with van der Waals surface area (Å²) in [5.41, 5.74) is 2.55. The van der Waals surface area contributed by atoms with Crippen molar-refractivity contribution >= 4 is 32.7 Å². The smallest absolute Gasteiger partial charge is 0.238 e. The number of nitrogens with two attached hydrogens (primary N) is 1. The van der Waals surface area contributed by atoms with Gasteiger partial charge in [0.1, 0.15) is 5.01 Å². The number of thiazole rings is 1. The van der Waals surface area contributed by atoms with Crippen LogP contribution in [0.25, 0.3) is 21.7 Å². The van der Waals surface area contributed by atoms with Gasteiger partial charge in [-0.15, -0.1) is 11.3 Å². The first-order valence-electron chi connectivity index (χ1n) is 5.65. The van der Waals surface area contributed by atoms with Crippen LogP contribution in [0.2, 0.25) is 0 Å². The number of primary sulfonamides is 1. The Morgan fingerprint density at radius 2 is 1.95 bits per heavy atom. The van der Waals surface area contributed by atoms with Crippen LogP contribution < -0.4 is 5.14 Å². The third-order valence-electron chi connectivity index (χ3n) is 2.80. The van der Waals surface area contributed by atoms with Crippen LogP contribution in [0.3, 0.4) is 0 Å². The summed E-state index contributed by atoms with van der Waals surface area (Å²) in [5, 5.41) is 11.7. The second kappa shape index (κ2) is 5.10. The molecule has 2 N–H and O–H groups in total. The Bertz CT molecular complexity index is 823. The van der Waals surface area contributed by atoms with E-state index < -0.39 is 10.0 Å². The highest BCUT2D eigenvalue weighted by Gasteiger charge is 2.17. The molecule has 3 aromatic rings. The Balaban J connectivity index is 2.24. The Morgan fingerprint density at radius 1 is 1.10 bits per heavy atom. The molecule has 1 aromatic carbocycles. The van der Waals surface area contributed by atoms with Crippen LogP contribution in [0.1, 0.15) is 0 Å². The van der Waals surface area contributed by atoms with Crippen LogP contribution in [0.5, 0.6) is 0 Å². The maximum Gasteiger partial charge on any atom is 0.238 e. The number of benzene rings is 1. The van der Waals surface area contributed by atoms with E-state index in [-0.39, 0.29) is 4.90 Å². The first-order valence-corrected chi connectivity index (χ1v) is 9.02. The summed E-state index contributed by atoms with van der Waals surface area (Å²) < 4.78 is 23.4. The zero-order chi connectivity index (χ0) is 14.2. The van der Waals surface area contributed by atoms with E-state index in [1.165, 1.54) is 11.3 Å². The third kappa shape index (κ3) is 2.53. The lowest BCUT2D eigenvalue weighted by Gasteiger charge is -2.07. The van der Waals surface area contributed by atoms with E-state index >= 15 is 0 Å². The van der Waals surface area contributed by atoms with Gasteiger partial charge in [-0.2, -0.15) is 11.3 Å². The van der Waals surface area contributed by atoms with Crippen molar-refractivity contribution in [2.75, 3.05) is 0 Å². The molecule has 0 unspecified atom stereocenters. The zero-order valence-electron chi connectivity index (χ0n) is 10.2. The largest absolute Gasteiger partial charge is 0.245 e. The molecule has 0 atom stereocenters. The molecule has 4 nitrogen and oxygen atoms in total. The molecule has 0 spiro atoms. The monoisotopic (exact) mass is 322 g/mol. The van der Waals surface area contributed by atoms with Gasteiger partial charge in [0.2, 0.25) is 10.0 Å². The lowest BCUT2D eigenvalue weighted by Crippen LogP contribution is -2.13.